The van der Waals surface area contributed by atoms with Crippen LogP contribution in [0, 0.1) is 13.8 Å². The first kappa shape index (κ1) is 20.5. The fourth-order valence-electron chi connectivity index (χ4n) is 2.67. The Morgan fingerprint density at radius 3 is 2.54 bits per heavy atom. The van der Waals surface area contributed by atoms with E-state index in [9.17, 15) is 0 Å². The van der Waals surface area contributed by atoms with Gasteiger partial charge in [0, 0.05) is 25.8 Å². The Bertz CT molecular complexity index is 649. The number of hydrogen-bond acceptors (Lipinski definition) is 2. The number of aliphatic imine (C=N–C) groups is 1. The lowest BCUT2D eigenvalue weighted by Gasteiger charge is -2.06. The van der Waals surface area contributed by atoms with E-state index in [1.165, 1.54) is 16.8 Å². The van der Waals surface area contributed by atoms with Gasteiger partial charge in [-0.25, -0.2) is 0 Å². The molecular weight excluding hydrogens is 413 g/mol. The molecule has 1 aromatic carbocycles. The second-order valence-corrected chi connectivity index (χ2v) is 5.81. The Balaban J connectivity index is 0.00000288. The van der Waals surface area contributed by atoms with Gasteiger partial charge in [0.05, 0.1) is 5.69 Å². The number of nitrogens with one attached hydrogen (secondary N) is 1. The number of halogens is 1. The van der Waals surface area contributed by atoms with E-state index in [4.69, 9.17) is 5.73 Å². The SMILES string of the molecule is Cc1nn(C)c(C)c1CCCN=C(N)NCCc1ccccc1.I. The standard InChI is InChI=1S/C18H27N5.HI/c1-14-17(15(2)23(3)22-14)10-7-12-20-18(19)21-13-11-16-8-5-4-6-9-16;/h4-6,8-9H,7,10-13H2,1-3H3,(H3,19,20,21);1H. The predicted octanol–water partition coefficient (Wildman–Crippen LogP) is 2.73. The zero-order valence-electron chi connectivity index (χ0n) is 14.7. The molecule has 0 aliphatic rings. The number of nitrogens with two attached hydrogens (primary N) is 1. The average Bonchev–Trinajstić information content (AvgIpc) is 2.78. The first-order chi connectivity index (χ1) is 11.1. The van der Waals surface area contributed by atoms with E-state index in [1.807, 2.05) is 17.8 Å². The van der Waals surface area contributed by atoms with E-state index in [0.717, 1.165) is 38.0 Å². The Morgan fingerprint density at radius 1 is 1.21 bits per heavy atom. The summed E-state index contributed by atoms with van der Waals surface area (Å²) >= 11 is 0. The van der Waals surface area contributed by atoms with Gasteiger partial charge in [0.25, 0.3) is 0 Å². The minimum absolute atomic E-state index is 0. The van der Waals surface area contributed by atoms with Gasteiger partial charge in [0.1, 0.15) is 0 Å². The number of hydrogen-bond donors (Lipinski definition) is 2. The van der Waals surface area contributed by atoms with E-state index < -0.39 is 0 Å². The molecule has 3 N–H and O–H groups in total. The van der Waals surface area contributed by atoms with Crippen LogP contribution < -0.4 is 11.1 Å². The highest BCUT2D eigenvalue weighted by Gasteiger charge is 2.08. The molecule has 0 saturated heterocycles. The largest absolute Gasteiger partial charge is 0.370 e. The van der Waals surface area contributed by atoms with Gasteiger partial charge in [0.2, 0.25) is 0 Å². The smallest absolute Gasteiger partial charge is 0.188 e. The second-order valence-electron chi connectivity index (χ2n) is 5.81. The predicted molar refractivity (Wildman–Crippen MR) is 111 cm³/mol. The van der Waals surface area contributed by atoms with Crippen molar-refractivity contribution in [2.45, 2.75) is 33.1 Å². The molecule has 0 aliphatic heterocycles. The molecule has 0 amide bonds. The summed E-state index contributed by atoms with van der Waals surface area (Å²) < 4.78 is 1.94. The monoisotopic (exact) mass is 441 g/mol. The van der Waals surface area contributed by atoms with Crippen molar-refractivity contribution in [3.8, 4) is 0 Å². The number of benzene rings is 1. The van der Waals surface area contributed by atoms with Crippen LogP contribution in [-0.4, -0.2) is 28.8 Å². The van der Waals surface area contributed by atoms with Crippen LogP contribution in [0.2, 0.25) is 0 Å². The number of aryl methyl sites for hydroxylation is 2. The van der Waals surface area contributed by atoms with Gasteiger partial charge in [0.15, 0.2) is 5.96 Å². The summed E-state index contributed by atoms with van der Waals surface area (Å²) in [5.41, 5.74) is 10.9. The molecule has 0 fully saturated rings. The third-order valence-electron chi connectivity index (χ3n) is 4.09. The maximum atomic E-state index is 5.90. The molecule has 1 aromatic heterocycles. The minimum Gasteiger partial charge on any atom is -0.370 e. The van der Waals surface area contributed by atoms with Crippen molar-refractivity contribution in [1.29, 1.82) is 0 Å². The van der Waals surface area contributed by atoms with E-state index in [-0.39, 0.29) is 24.0 Å². The van der Waals surface area contributed by atoms with Crippen LogP contribution in [0.25, 0.3) is 0 Å². The minimum atomic E-state index is 0. The van der Waals surface area contributed by atoms with E-state index in [1.54, 1.807) is 0 Å². The first-order valence-electron chi connectivity index (χ1n) is 8.14. The summed E-state index contributed by atoms with van der Waals surface area (Å²) in [5.74, 6) is 0.528. The topological polar surface area (TPSA) is 68.2 Å². The Morgan fingerprint density at radius 2 is 1.92 bits per heavy atom. The highest BCUT2D eigenvalue weighted by molar-refractivity contribution is 14.0. The van der Waals surface area contributed by atoms with Crippen molar-refractivity contribution in [3.05, 3.63) is 52.8 Å². The second kappa shape index (κ2) is 10.3. The van der Waals surface area contributed by atoms with Crippen molar-refractivity contribution >= 4 is 29.9 Å². The molecule has 1 heterocycles. The Kier molecular flexibility index (Phi) is 8.81. The van der Waals surface area contributed by atoms with Crippen molar-refractivity contribution in [2.75, 3.05) is 13.1 Å². The summed E-state index contributed by atoms with van der Waals surface area (Å²) in [6, 6.07) is 10.4. The van der Waals surface area contributed by atoms with E-state index in [2.05, 4.69) is 53.5 Å². The average molecular weight is 441 g/mol. The number of rotatable bonds is 7. The summed E-state index contributed by atoms with van der Waals surface area (Å²) in [4.78, 5) is 4.39. The molecular formula is C18H28IN5. The molecule has 5 nitrogen and oxygen atoms in total. The highest BCUT2D eigenvalue weighted by atomic mass is 127. The molecule has 2 rings (SSSR count). The molecule has 0 unspecified atom stereocenters. The zero-order valence-corrected chi connectivity index (χ0v) is 17.1. The van der Waals surface area contributed by atoms with Crippen LogP contribution in [0.4, 0.5) is 0 Å². The molecule has 2 aromatic rings. The van der Waals surface area contributed by atoms with Crippen LogP contribution in [-0.2, 0) is 19.9 Å². The molecule has 0 bridgehead atoms. The molecule has 132 valence electrons. The van der Waals surface area contributed by atoms with E-state index >= 15 is 0 Å². The van der Waals surface area contributed by atoms with Gasteiger partial charge in [-0.1, -0.05) is 30.3 Å². The van der Waals surface area contributed by atoms with Gasteiger partial charge >= 0.3 is 0 Å². The Hall–Kier alpha value is -1.57. The van der Waals surface area contributed by atoms with Gasteiger partial charge < -0.3 is 11.1 Å². The van der Waals surface area contributed by atoms with Crippen LogP contribution in [0.5, 0.6) is 0 Å². The fourth-order valence-corrected chi connectivity index (χ4v) is 2.67. The normalized spacial score (nSPS) is 11.2. The van der Waals surface area contributed by atoms with Crippen LogP contribution in [0.15, 0.2) is 35.3 Å². The third kappa shape index (κ3) is 6.14. The van der Waals surface area contributed by atoms with Gasteiger partial charge in [-0.2, -0.15) is 5.10 Å². The van der Waals surface area contributed by atoms with Crippen molar-refractivity contribution < 1.29 is 0 Å². The number of aromatic nitrogens is 2. The summed E-state index contributed by atoms with van der Waals surface area (Å²) in [6.07, 6.45) is 2.92. The summed E-state index contributed by atoms with van der Waals surface area (Å²) in [5, 5.41) is 7.61. The third-order valence-corrected chi connectivity index (χ3v) is 4.09. The number of guanidine groups is 1. The molecule has 0 radical (unpaired) electrons. The molecule has 0 spiro atoms. The Labute approximate surface area is 161 Å². The lowest BCUT2D eigenvalue weighted by molar-refractivity contribution is 0.728. The van der Waals surface area contributed by atoms with Crippen molar-refractivity contribution in [3.63, 3.8) is 0 Å². The first-order valence-corrected chi connectivity index (χ1v) is 8.14. The zero-order chi connectivity index (χ0) is 16.7. The molecule has 0 aliphatic carbocycles. The van der Waals surface area contributed by atoms with Gasteiger partial charge in [-0.15, -0.1) is 24.0 Å². The molecule has 0 saturated carbocycles. The van der Waals surface area contributed by atoms with Gasteiger partial charge in [-0.05, 0) is 44.2 Å². The van der Waals surface area contributed by atoms with Crippen molar-refractivity contribution in [1.82, 2.24) is 15.1 Å². The number of nitrogens with zero attached hydrogens (tertiary/aromatic N) is 3. The lowest BCUT2D eigenvalue weighted by Crippen LogP contribution is -2.33. The highest BCUT2D eigenvalue weighted by Crippen LogP contribution is 2.13. The molecule has 0 atom stereocenters. The lowest BCUT2D eigenvalue weighted by atomic mass is 10.1. The van der Waals surface area contributed by atoms with Gasteiger partial charge in [-0.3, -0.25) is 9.67 Å². The van der Waals surface area contributed by atoms with Crippen molar-refractivity contribution in [2.24, 2.45) is 17.8 Å². The van der Waals surface area contributed by atoms with Crippen LogP contribution in [0.3, 0.4) is 0 Å². The fraction of sp³-hybridized carbons (Fsp3) is 0.444. The molecule has 6 heteroatoms. The quantitative estimate of drug-likeness (QED) is 0.301. The maximum Gasteiger partial charge on any atom is 0.188 e. The van der Waals surface area contributed by atoms with E-state index in [0.29, 0.717) is 5.96 Å². The van der Waals surface area contributed by atoms with Crippen LogP contribution in [0.1, 0.15) is 28.9 Å². The summed E-state index contributed by atoms with van der Waals surface area (Å²) in [6.45, 7) is 5.71. The summed E-state index contributed by atoms with van der Waals surface area (Å²) in [7, 11) is 1.98. The molecule has 24 heavy (non-hydrogen) atoms. The maximum absolute atomic E-state index is 5.90. The van der Waals surface area contributed by atoms with Crippen LogP contribution >= 0.6 is 24.0 Å².